The van der Waals surface area contributed by atoms with E-state index >= 15 is 0 Å². The van der Waals surface area contributed by atoms with Crippen molar-refractivity contribution in [2.24, 2.45) is 11.3 Å². The number of imide groups is 1. The maximum absolute atomic E-state index is 13.1. The Hall–Kier alpha value is -2.74. The first-order valence-corrected chi connectivity index (χ1v) is 11.3. The average Bonchev–Trinajstić information content (AvgIpc) is 3.25. The van der Waals surface area contributed by atoms with E-state index < -0.39 is 24.1 Å². The molecule has 1 saturated heterocycles. The zero-order valence-electron chi connectivity index (χ0n) is 18.0. The van der Waals surface area contributed by atoms with Crippen LogP contribution in [0.1, 0.15) is 45.0 Å². The molecule has 0 unspecified atom stereocenters. The Bertz CT molecular complexity index is 1000. The SMILES string of the molecule is C[C@@H]1CC(C)(C)C[C@]2(C1)NC(=O)N(CC(=O)OCc1nc(-c3ccccc3)cs1)C2=O. The second-order valence-electron chi connectivity index (χ2n) is 9.41. The molecule has 31 heavy (non-hydrogen) atoms. The van der Waals surface area contributed by atoms with Gasteiger partial charge in [-0.25, -0.2) is 9.78 Å². The number of nitrogens with zero attached hydrogens (tertiary/aromatic N) is 2. The van der Waals surface area contributed by atoms with Gasteiger partial charge in [0.2, 0.25) is 0 Å². The van der Waals surface area contributed by atoms with Crippen molar-refractivity contribution in [1.82, 2.24) is 15.2 Å². The normalized spacial score (nSPS) is 25.0. The van der Waals surface area contributed by atoms with Crippen LogP contribution in [0.25, 0.3) is 11.3 Å². The first kappa shape index (κ1) is 21.5. The van der Waals surface area contributed by atoms with Crippen LogP contribution in [0.5, 0.6) is 0 Å². The Morgan fingerprint density at radius 1 is 1.26 bits per heavy atom. The monoisotopic (exact) mass is 441 g/mol. The summed E-state index contributed by atoms with van der Waals surface area (Å²) in [4.78, 5) is 43.5. The number of nitrogens with one attached hydrogen (secondary N) is 1. The molecule has 3 amide bonds. The Morgan fingerprint density at radius 3 is 2.71 bits per heavy atom. The van der Waals surface area contributed by atoms with Crippen molar-refractivity contribution < 1.29 is 19.1 Å². The molecule has 2 atom stereocenters. The highest BCUT2D eigenvalue weighted by molar-refractivity contribution is 7.09. The van der Waals surface area contributed by atoms with Gasteiger partial charge in [-0.2, -0.15) is 0 Å². The first-order valence-electron chi connectivity index (χ1n) is 10.5. The lowest BCUT2D eigenvalue weighted by molar-refractivity contribution is -0.149. The molecule has 2 fully saturated rings. The number of urea groups is 1. The summed E-state index contributed by atoms with van der Waals surface area (Å²) in [7, 11) is 0. The molecule has 2 aromatic rings. The van der Waals surface area contributed by atoms with E-state index in [4.69, 9.17) is 4.74 Å². The summed E-state index contributed by atoms with van der Waals surface area (Å²) in [6, 6.07) is 9.22. The lowest BCUT2D eigenvalue weighted by atomic mass is 9.64. The number of hydrogen-bond donors (Lipinski definition) is 1. The summed E-state index contributed by atoms with van der Waals surface area (Å²) in [6.07, 6.45) is 2.16. The van der Waals surface area contributed by atoms with Gasteiger partial charge >= 0.3 is 12.0 Å². The van der Waals surface area contributed by atoms with Gasteiger partial charge in [0.1, 0.15) is 23.7 Å². The van der Waals surface area contributed by atoms with E-state index in [1.807, 2.05) is 35.7 Å². The number of rotatable bonds is 5. The van der Waals surface area contributed by atoms with E-state index in [2.05, 4.69) is 31.1 Å². The number of hydrogen-bond acceptors (Lipinski definition) is 6. The summed E-state index contributed by atoms with van der Waals surface area (Å²) in [5.74, 6) is -0.640. The minimum absolute atomic E-state index is 0.00912. The van der Waals surface area contributed by atoms with Crippen LogP contribution in [0.15, 0.2) is 35.7 Å². The second-order valence-corrected chi connectivity index (χ2v) is 10.4. The van der Waals surface area contributed by atoms with Crippen molar-refractivity contribution in [3.8, 4) is 11.3 Å². The third-order valence-corrected chi connectivity index (χ3v) is 6.71. The lowest BCUT2D eigenvalue weighted by Gasteiger charge is -2.43. The molecule has 1 aromatic heterocycles. The van der Waals surface area contributed by atoms with Crippen molar-refractivity contribution in [3.63, 3.8) is 0 Å². The van der Waals surface area contributed by atoms with E-state index in [0.29, 0.717) is 23.8 Å². The Balaban J connectivity index is 1.36. The minimum atomic E-state index is -0.918. The third-order valence-electron chi connectivity index (χ3n) is 5.89. The van der Waals surface area contributed by atoms with Crippen molar-refractivity contribution in [1.29, 1.82) is 0 Å². The summed E-state index contributed by atoms with van der Waals surface area (Å²) >= 11 is 1.40. The molecule has 0 radical (unpaired) electrons. The Kier molecular flexibility index (Phi) is 5.60. The van der Waals surface area contributed by atoms with Crippen LogP contribution in [0, 0.1) is 11.3 Å². The zero-order chi connectivity index (χ0) is 22.2. The number of esters is 1. The fourth-order valence-electron chi connectivity index (χ4n) is 5.09. The first-order chi connectivity index (χ1) is 14.7. The maximum Gasteiger partial charge on any atom is 0.326 e. The molecule has 1 aliphatic carbocycles. The molecule has 1 aromatic carbocycles. The largest absolute Gasteiger partial charge is 0.457 e. The second kappa shape index (κ2) is 8.07. The summed E-state index contributed by atoms with van der Waals surface area (Å²) in [5, 5.41) is 5.44. The standard InChI is InChI=1S/C23H27N3O4S/c1-15-9-22(2,3)14-23(10-15)20(28)26(21(29)25-23)11-19(27)30-12-18-24-17(13-31-18)16-7-5-4-6-8-16/h4-8,13,15H,9-12,14H2,1-3H3,(H,25,29)/t15-,23+/m1/s1. The third kappa shape index (κ3) is 4.49. The molecule has 1 N–H and O–H groups in total. The Labute approximate surface area is 185 Å². The molecule has 2 aliphatic rings. The number of thiazole rings is 1. The number of carbonyl (C=O) groups excluding carboxylic acids is 3. The van der Waals surface area contributed by atoms with Gasteiger partial charge in [0.05, 0.1) is 5.69 Å². The van der Waals surface area contributed by atoms with E-state index in [-0.39, 0.29) is 17.9 Å². The van der Waals surface area contributed by atoms with Crippen molar-refractivity contribution >= 4 is 29.2 Å². The highest BCUT2D eigenvalue weighted by atomic mass is 32.1. The van der Waals surface area contributed by atoms with Crippen molar-refractivity contribution in [3.05, 3.63) is 40.7 Å². The predicted octanol–water partition coefficient (Wildman–Crippen LogP) is 3.99. The van der Waals surface area contributed by atoms with Gasteiger partial charge in [0.25, 0.3) is 5.91 Å². The molecule has 7 nitrogen and oxygen atoms in total. The zero-order valence-corrected chi connectivity index (χ0v) is 18.8. The smallest absolute Gasteiger partial charge is 0.326 e. The van der Waals surface area contributed by atoms with Gasteiger partial charge in [-0.1, -0.05) is 51.1 Å². The van der Waals surface area contributed by atoms with Gasteiger partial charge < -0.3 is 10.1 Å². The molecular weight excluding hydrogens is 414 g/mol. The van der Waals surface area contributed by atoms with Gasteiger partial charge in [-0.15, -0.1) is 11.3 Å². The quantitative estimate of drug-likeness (QED) is 0.560. The lowest BCUT2D eigenvalue weighted by Crippen LogP contribution is -2.54. The molecule has 1 spiro atoms. The van der Waals surface area contributed by atoms with Crippen molar-refractivity contribution in [2.75, 3.05) is 6.54 Å². The van der Waals surface area contributed by atoms with Gasteiger partial charge in [-0.05, 0) is 30.6 Å². The molecule has 2 heterocycles. The van der Waals surface area contributed by atoms with Gasteiger partial charge in [0, 0.05) is 10.9 Å². The fraction of sp³-hybridized carbons (Fsp3) is 0.478. The molecule has 8 heteroatoms. The van der Waals surface area contributed by atoms with E-state index in [1.54, 1.807) is 0 Å². The number of carbonyl (C=O) groups is 3. The summed E-state index contributed by atoms with van der Waals surface area (Å²) in [5.41, 5.74) is 0.837. The minimum Gasteiger partial charge on any atom is -0.457 e. The summed E-state index contributed by atoms with van der Waals surface area (Å²) < 4.78 is 5.31. The highest BCUT2D eigenvalue weighted by Crippen LogP contribution is 2.46. The number of ether oxygens (including phenoxy) is 1. The van der Waals surface area contributed by atoms with Gasteiger partial charge in [0.15, 0.2) is 0 Å². The molecule has 1 aliphatic heterocycles. The molecule has 1 saturated carbocycles. The van der Waals surface area contributed by atoms with E-state index in [9.17, 15) is 14.4 Å². The molecular formula is C23H27N3O4S. The van der Waals surface area contributed by atoms with Crippen LogP contribution < -0.4 is 5.32 Å². The Morgan fingerprint density at radius 2 is 2.00 bits per heavy atom. The highest BCUT2D eigenvalue weighted by Gasteiger charge is 2.56. The van der Waals surface area contributed by atoms with E-state index in [1.165, 1.54) is 11.3 Å². The van der Waals surface area contributed by atoms with Crippen LogP contribution in [-0.2, 0) is 20.9 Å². The summed E-state index contributed by atoms with van der Waals surface area (Å²) in [6.45, 7) is 5.93. The number of aromatic nitrogens is 1. The molecule has 164 valence electrons. The molecule has 4 rings (SSSR count). The number of benzene rings is 1. The van der Waals surface area contributed by atoms with Crippen LogP contribution in [0.3, 0.4) is 0 Å². The molecule has 0 bridgehead atoms. The van der Waals surface area contributed by atoms with Crippen LogP contribution in [-0.4, -0.2) is 39.9 Å². The fourth-order valence-corrected chi connectivity index (χ4v) is 5.80. The van der Waals surface area contributed by atoms with Crippen LogP contribution in [0.4, 0.5) is 4.79 Å². The van der Waals surface area contributed by atoms with Gasteiger partial charge in [-0.3, -0.25) is 14.5 Å². The van der Waals surface area contributed by atoms with Crippen LogP contribution >= 0.6 is 11.3 Å². The van der Waals surface area contributed by atoms with Crippen LogP contribution in [0.2, 0.25) is 0 Å². The average molecular weight is 442 g/mol. The predicted molar refractivity (Wildman–Crippen MR) is 117 cm³/mol. The topological polar surface area (TPSA) is 88.6 Å². The number of amides is 3. The van der Waals surface area contributed by atoms with E-state index in [0.717, 1.165) is 22.6 Å². The maximum atomic E-state index is 13.1. The van der Waals surface area contributed by atoms with Crippen molar-refractivity contribution in [2.45, 2.75) is 52.2 Å².